The average Bonchev–Trinajstić information content (AvgIpc) is 2.57. The molecule has 1 atom stereocenters. The lowest BCUT2D eigenvalue weighted by molar-refractivity contribution is -0.132. The highest BCUT2D eigenvalue weighted by Crippen LogP contribution is 2.37. The van der Waals surface area contributed by atoms with Gasteiger partial charge in [0, 0.05) is 12.8 Å². The van der Waals surface area contributed by atoms with E-state index in [4.69, 9.17) is 5.73 Å². The maximum Gasteiger partial charge on any atom is 0.337 e. The molecule has 132 valence electrons. The Balaban J connectivity index is 2.00. The molecule has 2 rings (SSSR count). The summed E-state index contributed by atoms with van der Waals surface area (Å²) in [6.45, 7) is 1.77. The molecule has 1 amide bonds. The molecule has 0 unspecified atom stereocenters. The van der Waals surface area contributed by atoms with Gasteiger partial charge < -0.3 is 15.8 Å². The molecule has 0 radical (unpaired) electrons. The number of nitrogens with two attached hydrogens (primary N) is 1. The Kier molecular flexibility index (Phi) is 5.22. The van der Waals surface area contributed by atoms with E-state index in [-0.39, 0.29) is 31.7 Å². The molecule has 3 N–H and O–H groups in total. The van der Waals surface area contributed by atoms with Crippen LogP contribution in [0.15, 0.2) is 24.3 Å². The molecule has 5 nitrogen and oxygen atoms in total. The maximum atomic E-state index is 13.2. The first-order chi connectivity index (χ1) is 11.2. The van der Waals surface area contributed by atoms with Gasteiger partial charge in [-0.3, -0.25) is 4.79 Å². The fraction of sp³-hybridized carbons (Fsp3) is 0.529. The maximum absolute atomic E-state index is 13.2. The van der Waals surface area contributed by atoms with Gasteiger partial charge >= 0.3 is 5.97 Å². The van der Waals surface area contributed by atoms with Crippen LogP contribution in [0.2, 0.25) is 0 Å². The molecule has 0 heterocycles. The highest BCUT2D eigenvalue weighted by molar-refractivity contribution is 5.89. The van der Waals surface area contributed by atoms with Crippen molar-refractivity contribution in [3.63, 3.8) is 0 Å². The van der Waals surface area contributed by atoms with Gasteiger partial charge in [0.25, 0.3) is 0 Å². The minimum atomic E-state index is -2.74. The number of halogens is 2. The number of hydrogen-bond acceptors (Lipinski definition) is 4. The van der Waals surface area contributed by atoms with Gasteiger partial charge in [0.15, 0.2) is 0 Å². The summed E-state index contributed by atoms with van der Waals surface area (Å²) in [7, 11) is 1.30. The number of amides is 1. The van der Waals surface area contributed by atoms with Gasteiger partial charge in [-0.1, -0.05) is 12.1 Å². The van der Waals surface area contributed by atoms with Crippen molar-refractivity contribution in [2.45, 2.75) is 50.1 Å². The lowest BCUT2D eigenvalue weighted by atomic mass is 9.80. The molecular formula is C17H22F2N2O3. The van der Waals surface area contributed by atoms with E-state index in [9.17, 15) is 18.4 Å². The highest BCUT2D eigenvalue weighted by Gasteiger charge is 2.45. The summed E-state index contributed by atoms with van der Waals surface area (Å²) in [5.41, 5.74) is 5.95. The highest BCUT2D eigenvalue weighted by atomic mass is 19.3. The molecule has 1 fully saturated rings. The van der Waals surface area contributed by atoms with Crippen molar-refractivity contribution in [3.8, 4) is 0 Å². The number of nitrogens with one attached hydrogen (secondary N) is 1. The summed E-state index contributed by atoms with van der Waals surface area (Å²) in [6, 6.07) is 6.25. The molecule has 0 spiro atoms. The molecule has 1 aliphatic carbocycles. The molecular weight excluding hydrogens is 318 g/mol. The van der Waals surface area contributed by atoms with Crippen LogP contribution in [0, 0.1) is 0 Å². The van der Waals surface area contributed by atoms with Gasteiger partial charge in [0.2, 0.25) is 11.8 Å². The standard InChI is InChI=1S/C17H22F2N2O3/c1-11(12-3-5-13(6-4-12)14(22)24-2)21-15(23)16(20)7-9-17(18,19)10-8-16/h3-6,11H,7-10,20H2,1-2H3,(H,21,23)/t11-/m0/s1. The number of ether oxygens (including phenoxy) is 1. The first kappa shape index (κ1) is 18.3. The second-order valence-corrected chi connectivity index (χ2v) is 6.32. The SMILES string of the molecule is COC(=O)c1ccc([C@H](C)NC(=O)C2(N)CCC(F)(F)CC2)cc1. The Morgan fingerprint density at radius 3 is 2.21 bits per heavy atom. The van der Waals surface area contributed by atoms with E-state index in [0.29, 0.717) is 5.56 Å². The van der Waals surface area contributed by atoms with Crippen LogP contribution in [-0.4, -0.2) is 30.4 Å². The quantitative estimate of drug-likeness (QED) is 0.826. The van der Waals surface area contributed by atoms with Crippen molar-refractivity contribution in [1.29, 1.82) is 0 Å². The zero-order valence-electron chi connectivity index (χ0n) is 13.8. The molecule has 1 aromatic carbocycles. The topological polar surface area (TPSA) is 81.4 Å². The summed E-state index contributed by atoms with van der Waals surface area (Å²) < 4.78 is 31.1. The number of esters is 1. The largest absolute Gasteiger partial charge is 0.465 e. The van der Waals surface area contributed by atoms with E-state index in [1.54, 1.807) is 31.2 Å². The first-order valence-corrected chi connectivity index (χ1v) is 7.83. The van der Waals surface area contributed by atoms with Crippen molar-refractivity contribution >= 4 is 11.9 Å². The van der Waals surface area contributed by atoms with Gasteiger partial charge in [-0.2, -0.15) is 0 Å². The van der Waals surface area contributed by atoms with Gasteiger partial charge in [-0.05, 0) is 37.5 Å². The third kappa shape index (κ3) is 4.08. The lowest BCUT2D eigenvalue weighted by Gasteiger charge is -2.36. The molecule has 1 aromatic rings. The van der Waals surface area contributed by atoms with Crippen LogP contribution in [0.25, 0.3) is 0 Å². The van der Waals surface area contributed by atoms with E-state index >= 15 is 0 Å². The van der Waals surface area contributed by atoms with Crippen molar-refractivity contribution < 1.29 is 23.1 Å². The van der Waals surface area contributed by atoms with E-state index < -0.39 is 23.3 Å². The number of alkyl halides is 2. The number of carbonyl (C=O) groups excluding carboxylic acids is 2. The van der Waals surface area contributed by atoms with E-state index in [1.807, 2.05) is 0 Å². The van der Waals surface area contributed by atoms with Gasteiger partial charge in [-0.25, -0.2) is 13.6 Å². The molecule has 0 aromatic heterocycles. The Bertz CT molecular complexity index is 607. The van der Waals surface area contributed by atoms with E-state index in [1.165, 1.54) is 7.11 Å². The third-order valence-corrected chi connectivity index (χ3v) is 4.51. The van der Waals surface area contributed by atoms with Crippen molar-refractivity contribution in [1.82, 2.24) is 5.32 Å². The Morgan fingerprint density at radius 1 is 1.17 bits per heavy atom. The Labute approximate surface area is 139 Å². The van der Waals surface area contributed by atoms with Crippen molar-refractivity contribution in [3.05, 3.63) is 35.4 Å². The number of rotatable bonds is 4. The Morgan fingerprint density at radius 2 is 1.71 bits per heavy atom. The Hall–Kier alpha value is -2.02. The van der Waals surface area contributed by atoms with Gasteiger partial charge in [0.1, 0.15) is 0 Å². The van der Waals surface area contributed by atoms with Crippen molar-refractivity contribution in [2.75, 3.05) is 7.11 Å². The summed E-state index contributed by atoms with van der Waals surface area (Å²) in [5.74, 6) is -3.61. The summed E-state index contributed by atoms with van der Waals surface area (Å²) in [4.78, 5) is 23.8. The fourth-order valence-electron chi connectivity index (χ4n) is 2.74. The second kappa shape index (κ2) is 6.84. The van der Waals surface area contributed by atoms with E-state index in [2.05, 4.69) is 10.1 Å². The van der Waals surface area contributed by atoms with Crippen LogP contribution in [0.1, 0.15) is 54.6 Å². The molecule has 7 heteroatoms. The third-order valence-electron chi connectivity index (χ3n) is 4.51. The molecule has 0 saturated heterocycles. The monoisotopic (exact) mass is 340 g/mol. The molecule has 0 bridgehead atoms. The van der Waals surface area contributed by atoms with Crippen LogP contribution >= 0.6 is 0 Å². The predicted octanol–water partition coefficient (Wildman–Crippen LogP) is 2.56. The normalized spacial score (nSPS) is 20.0. The second-order valence-electron chi connectivity index (χ2n) is 6.32. The minimum Gasteiger partial charge on any atom is -0.465 e. The lowest BCUT2D eigenvalue weighted by Crippen LogP contribution is -2.57. The average molecular weight is 340 g/mol. The molecule has 1 saturated carbocycles. The summed E-state index contributed by atoms with van der Waals surface area (Å²) in [5, 5.41) is 2.77. The smallest absolute Gasteiger partial charge is 0.337 e. The number of carbonyl (C=O) groups is 2. The van der Waals surface area contributed by atoms with E-state index in [0.717, 1.165) is 5.56 Å². The predicted molar refractivity (Wildman–Crippen MR) is 84.7 cm³/mol. The zero-order valence-corrected chi connectivity index (χ0v) is 13.8. The first-order valence-electron chi connectivity index (χ1n) is 7.83. The molecule has 1 aliphatic rings. The summed E-state index contributed by atoms with van der Waals surface area (Å²) in [6.07, 6.45) is -0.835. The van der Waals surface area contributed by atoms with Crippen LogP contribution in [0.4, 0.5) is 8.78 Å². The molecule has 0 aliphatic heterocycles. The van der Waals surface area contributed by atoms with Crippen LogP contribution in [0.5, 0.6) is 0 Å². The zero-order chi connectivity index (χ0) is 18.0. The van der Waals surface area contributed by atoms with Crippen LogP contribution in [-0.2, 0) is 9.53 Å². The number of benzene rings is 1. The van der Waals surface area contributed by atoms with Crippen LogP contribution < -0.4 is 11.1 Å². The fourth-order valence-corrected chi connectivity index (χ4v) is 2.74. The van der Waals surface area contributed by atoms with Gasteiger partial charge in [-0.15, -0.1) is 0 Å². The van der Waals surface area contributed by atoms with Crippen LogP contribution in [0.3, 0.4) is 0 Å². The van der Waals surface area contributed by atoms with Crippen molar-refractivity contribution in [2.24, 2.45) is 5.73 Å². The number of hydrogen-bond donors (Lipinski definition) is 2. The minimum absolute atomic E-state index is 0.0418. The molecule has 24 heavy (non-hydrogen) atoms. The summed E-state index contributed by atoms with van der Waals surface area (Å²) >= 11 is 0. The number of methoxy groups -OCH3 is 1. The van der Waals surface area contributed by atoms with Gasteiger partial charge in [0.05, 0.1) is 24.3 Å².